The zero-order valence-corrected chi connectivity index (χ0v) is 10.7. The summed E-state index contributed by atoms with van der Waals surface area (Å²) in [5.74, 6) is 0.648. The van der Waals surface area contributed by atoms with E-state index in [2.05, 4.69) is 17.1 Å². The first kappa shape index (κ1) is 12.8. The van der Waals surface area contributed by atoms with Crippen LogP contribution >= 0.6 is 0 Å². The molecule has 1 amide bonds. The molecule has 5 nitrogen and oxygen atoms in total. The van der Waals surface area contributed by atoms with E-state index in [0.717, 1.165) is 31.8 Å². The number of nitrogens with one attached hydrogen (secondary N) is 1. The highest BCUT2D eigenvalue weighted by molar-refractivity contribution is 5.92. The van der Waals surface area contributed by atoms with E-state index in [9.17, 15) is 9.59 Å². The zero-order chi connectivity index (χ0) is 13.0. The van der Waals surface area contributed by atoms with Gasteiger partial charge in [-0.1, -0.05) is 13.3 Å². The van der Waals surface area contributed by atoms with Crippen molar-refractivity contribution in [3.8, 4) is 0 Å². The normalized spacial score (nSPS) is 20.5. The van der Waals surface area contributed by atoms with Crippen molar-refractivity contribution in [3.63, 3.8) is 0 Å². The van der Waals surface area contributed by atoms with Crippen molar-refractivity contribution in [1.29, 1.82) is 0 Å². The Balaban J connectivity index is 2.04. The van der Waals surface area contributed by atoms with Crippen molar-refractivity contribution < 1.29 is 4.79 Å². The predicted molar refractivity (Wildman–Crippen MR) is 68.4 cm³/mol. The molecule has 18 heavy (non-hydrogen) atoms. The zero-order valence-electron chi connectivity index (χ0n) is 10.7. The molecule has 1 aromatic heterocycles. The van der Waals surface area contributed by atoms with Gasteiger partial charge in [0.25, 0.3) is 11.5 Å². The van der Waals surface area contributed by atoms with Gasteiger partial charge in [-0.2, -0.15) is 5.10 Å². The third-order valence-electron chi connectivity index (χ3n) is 3.61. The van der Waals surface area contributed by atoms with Crippen LogP contribution < -0.4 is 5.56 Å². The number of carbonyl (C=O) groups is 1. The fourth-order valence-corrected chi connectivity index (χ4v) is 2.40. The first-order valence-electron chi connectivity index (χ1n) is 6.55. The Morgan fingerprint density at radius 1 is 1.44 bits per heavy atom. The maximum absolute atomic E-state index is 12.2. The fraction of sp³-hybridized carbons (Fsp3) is 0.615. The predicted octanol–water partition coefficient (Wildman–Crippen LogP) is 1.42. The molecule has 1 N–H and O–H groups in total. The lowest BCUT2D eigenvalue weighted by molar-refractivity contribution is 0.0752. The topological polar surface area (TPSA) is 66.1 Å². The highest BCUT2D eigenvalue weighted by Gasteiger charge is 2.21. The van der Waals surface area contributed by atoms with Crippen molar-refractivity contribution in [2.75, 3.05) is 13.1 Å². The Kier molecular flexibility index (Phi) is 4.12. The highest BCUT2D eigenvalue weighted by Crippen LogP contribution is 2.20. The number of carbonyl (C=O) groups excluding carboxylic acids is 1. The second-order valence-electron chi connectivity index (χ2n) is 4.80. The minimum absolute atomic E-state index is 0.0806. The third-order valence-corrected chi connectivity index (χ3v) is 3.61. The summed E-state index contributed by atoms with van der Waals surface area (Å²) in [5.41, 5.74) is 0.0398. The molecule has 1 fully saturated rings. The van der Waals surface area contributed by atoms with E-state index >= 15 is 0 Å². The molecular formula is C13H19N3O2. The lowest BCUT2D eigenvalue weighted by atomic mass is 9.98. The molecule has 1 unspecified atom stereocenters. The first-order valence-corrected chi connectivity index (χ1v) is 6.55. The van der Waals surface area contributed by atoms with E-state index in [0.29, 0.717) is 5.69 Å². The maximum Gasteiger partial charge on any atom is 0.274 e. The Morgan fingerprint density at radius 3 is 2.94 bits per heavy atom. The smallest absolute Gasteiger partial charge is 0.274 e. The highest BCUT2D eigenvalue weighted by atomic mass is 16.2. The van der Waals surface area contributed by atoms with Crippen molar-refractivity contribution in [1.82, 2.24) is 15.1 Å². The molecule has 1 saturated heterocycles. The number of amides is 1. The molecule has 98 valence electrons. The van der Waals surface area contributed by atoms with Gasteiger partial charge in [0.05, 0.1) is 0 Å². The van der Waals surface area contributed by atoms with E-state index in [1.165, 1.54) is 25.0 Å². The van der Waals surface area contributed by atoms with Gasteiger partial charge in [-0.25, -0.2) is 5.10 Å². The summed E-state index contributed by atoms with van der Waals surface area (Å²) in [5, 5.41) is 6.10. The number of hydrogen-bond donors (Lipinski definition) is 1. The molecule has 0 bridgehead atoms. The fourth-order valence-electron chi connectivity index (χ4n) is 2.40. The minimum atomic E-state index is -0.284. The summed E-state index contributed by atoms with van der Waals surface area (Å²) >= 11 is 0. The van der Waals surface area contributed by atoms with E-state index in [-0.39, 0.29) is 11.5 Å². The summed E-state index contributed by atoms with van der Waals surface area (Å²) in [7, 11) is 0. The number of likely N-dealkylation sites (tertiary alicyclic amines) is 1. The van der Waals surface area contributed by atoms with Gasteiger partial charge < -0.3 is 4.90 Å². The molecule has 0 spiro atoms. The van der Waals surface area contributed by atoms with Crippen LogP contribution in [0.3, 0.4) is 0 Å². The Labute approximate surface area is 106 Å². The van der Waals surface area contributed by atoms with Gasteiger partial charge in [0.2, 0.25) is 0 Å². The molecule has 0 aromatic carbocycles. The van der Waals surface area contributed by atoms with Gasteiger partial charge in [-0.3, -0.25) is 9.59 Å². The van der Waals surface area contributed by atoms with Crippen LogP contribution in [-0.2, 0) is 0 Å². The second-order valence-corrected chi connectivity index (χ2v) is 4.80. The standard InChI is InChI=1S/C13H19N3O2/c1-2-10-4-3-8-16(9-7-10)13(18)11-5-6-12(17)15-14-11/h5-6,10H,2-4,7-9H2,1H3,(H,15,17). The van der Waals surface area contributed by atoms with Crippen LogP contribution in [0.15, 0.2) is 16.9 Å². The average molecular weight is 249 g/mol. The van der Waals surface area contributed by atoms with Crippen molar-refractivity contribution >= 4 is 5.91 Å². The number of aromatic nitrogens is 2. The van der Waals surface area contributed by atoms with Crippen LogP contribution in [0.5, 0.6) is 0 Å². The molecule has 1 aromatic rings. The molecule has 5 heteroatoms. The van der Waals surface area contributed by atoms with Crippen molar-refractivity contribution in [3.05, 3.63) is 28.2 Å². The lowest BCUT2D eigenvalue weighted by Gasteiger charge is -2.19. The third kappa shape index (κ3) is 2.97. The van der Waals surface area contributed by atoms with Crippen LogP contribution in [0.2, 0.25) is 0 Å². The summed E-state index contributed by atoms with van der Waals surface area (Å²) in [6.07, 6.45) is 4.48. The molecule has 1 atom stereocenters. The van der Waals surface area contributed by atoms with Crippen molar-refractivity contribution in [2.45, 2.75) is 32.6 Å². The molecule has 2 rings (SSSR count). The van der Waals surface area contributed by atoms with E-state index < -0.39 is 0 Å². The van der Waals surface area contributed by atoms with Crippen LogP contribution in [-0.4, -0.2) is 34.1 Å². The second kappa shape index (κ2) is 5.80. The van der Waals surface area contributed by atoms with E-state index in [1.807, 2.05) is 4.90 Å². The Hall–Kier alpha value is -1.65. The Morgan fingerprint density at radius 2 is 2.28 bits per heavy atom. The Bertz CT molecular complexity index is 449. The molecule has 1 aliphatic rings. The van der Waals surface area contributed by atoms with E-state index in [4.69, 9.17) is 0 Å². The molecular weight excluding hydrogens is 230 g/mol. The summed E-state index contributed by atoms with van der Waals surface area (Å²) in [6.45, 7) is 3.78. The minimum Gasteiger partial charge on any atom is -0.337 e. The van der Waals surface area contributed by atoms with Crippen LogP contribution in [0, 0.1) is 5.92 Å². The molecule has 0 aliphatic carbocycles. The maximum atomic E-state index is 12.2. The molecule has 0 saturated carbocycles. The van der Waals surface area contributed by atoms with Gasteiger partial charge >= 0.3 is 0 Å². The molecule has 2 heterocycles. The van der Waals surface area contributed by atoms with Crippen molar-refractivity contribution in [2.24, 2.45) is 5.92 Å². The molecule has 1 aliphatic heterocycles. The van der Waals surface area contributed by atoms with Gasteiger partial charge in [0, 0.05) is 19.2 Å². The van der Waals surface area contributed by atoms with Crippen LogP contribution in [0.25, 0.3) is 0 Å². The summed E-state index contributed by atoms with van der Waals surface area (Å²) in [4.78, 5) is 25.0. The number of aromatic amines is 1. The van der Waals surface area contributed by atoms with Gasteiger partial charge in [0.15, 0.2) is 0 Å². The number of nitrogens with zero attached hydrogens (tertiary/aromatic N) is 2. The monoisotopic (exact) mass is 249 g/mol. The molecule has 0 radical (unpaired) electrons. The first-order chi connectivity index (χ1) is 8.70. The largest absolute Gasteiger partial charge is 0.337 e. The van der Waals surface area contributed by atoms with Gasteiger partial charge in [0.1, 0.15) is 5.69 Å². The van der Waals surface area contributed by atoms with Crippen LogP contribution in [0.4, 0.5) is 0 Å². The average Bonchev–Trinajstić information content (AvgIpc) is 2.64. The van der Waals surface area contributed by atoms with Crippen LogP contribution in [0.1, 0.15) is 43.1 Å². The summed E-state index contributed by atoms with van der Waals surface area (Å²) in [6, 6.07) is 2.83. The number of hydrogen-bond acceptors (Lipinski definition) is 3. The quantitative estimate of drug-likeness (QED) is 0.862. The van der Waals surface area contributed by atoms with Gasteiger partial charge in [-0.05, 0) is 31.2 Å². The SMILES string of the molecule is CCC1CCCN(C(=O)c2ccc(=O)[nH]n2)CC1. The number of H-pyrrole nitrogens is 1. The summed E-state index contributed by atoms with van der Waals surface area (Å²) < 4.78 is 0. The number of rotatable bonds is 2. The lowest BCUT2D eigenvalue weighted by Crippen LogP contribution is -2.33. The van der Waals surface area contributed by atoms with Gasteiger partial charge in [-0.15, -0.1) is 0 Å². The van der Waals surface area contributed by atoms with E-state index in [1.54, 1.807) is 0 Å².